The number of hydrogen-bond donors (Lipinski definition) is 1. The van der Waals surface area contributed by atoms with Gasteiger partial charge in [0.1, 0.15) is 5.82 Å². The van der Waals surface area contributed by atoms with Crippen LogP contribution in [0.25, 0.3) is 11.0 Å². The number of para-hydroxylation sites is 2. The predicted molar refractivity (Wildman–Crippen MR) is 84.8 cm³/mol. The van der Waals surface area contributed by atoms with Crippen molar-refractivity contribution >= 4 is 16.9 Å². The molecule has 2 heterocycles. The highest BCUT2D eigenvalue weighted by Gasteiger charge is 2.30. The fourth-order valence-electron chi connectivity index (χ4n) is 2.81. The fraction of sp³-hybridized carbons (Fsp3) is 0.529. The lowest BCUT2D eigenvalue weighted by molar-refractivity contribution is -0.0439. The summed E-state index contributed by atoms with van der Waals surface area (Å²) in [5.74, 6) is 1.57. The lowest BCUT2D eigenvalue weighted by atomic mass is 10.1. The molecule has 0 radical (unpaired) electrons. The maximum Gasteiger partial charge on any atom is 0.145 e. The minimum absolute atomic E-state index is 0.142. The van der Waals surface area contributed by atoms with Crippen LogP contribution in [0.5, 0.6) is 0 Å². The van der Waals surface area contributed by atoms with Crippen LogP contribution in [0.2, 0.25) is 0 Å². The monoisotopic (exact) mass is 299 g/mol. The largest absolute Gasteiger partial charge is 0.379 e. The first-order valence-electron chi connectivity index (χ1n) is 8.06. The number of nitrogens with one attached hydrogen (secondary N) is 1. The van der Waals surface area contributed by atoms with Gasteiger partial charge in [-0.25, -0.2) is 4.98 Å². The Kier molecular flexibility index (Phi) is 3.91. The van der Waals surface area contributed by atoms with Crippen LogP contribution in [-0.4, -0.2) is 41.9 Å². The molecule has 1 saturated carbocycles. The number of benzene rings is 1. The Balaban J connectivity index is 1.46. The molecular formula is C17H21N3O2. The van der Waals surface area contributed by atoms with E-state index < -0.39 is 0 Å². The molecule has 1 aromatic heterocycles. The van der Waals surface area contributed by atoms with Crippen molar-refractivity contribution in [2.75, 3.05) is 25.1 Å². The van der Waals surface area contributed by atoms with Crippen LogP contribution >= 0.6 is 0 Å². The van der Waals surface area contributed by atoms with E-state index in [1.54, 1.807) is 6.20 Å². The number of anilines is 1. The molecule has 5 heteroatoms. The lowest BCUT2D eigenvalue weighted by Crippen LogP contribution is -2.44. The molecule has 116 valence electrons. The topological polar surface area (TPSA) is 56.3 Å². The zero-order valence-electron chi connectivity index (χ0n) is 12.6. The van der Waals surface area contributed by atoms with E-state index >= 15 is 0 Å². The smallest absolute Gasteiger partial charge is 0.145 e. The molecule has 5 nitrogen and oxygen atoms in total. The molecule has 0 spiro atoms. The second-order valence-corrected chi connectivity index (χ2v) is 6.17. The average molecular weight is 299 g/mol. The molecule has 1 N–H and O–H groups in total. The Morgan fingerprint density at radius 3 is 2.91 bits per heavy atom. The molecule has 0 amide bonds. The van der Waals surface area contributed by atoms with Crippen molar-refractivity contribution in [1.29, 1.82) is 0 Å². The summed E-state index contributed by atoms with van der Waals surface area (Å²) in [5.41, 5.74) is 1.81. The maximum absolute atomic E-state index is 6.09. The molecule has 22 heavy (non-hydrogen) atoms. The van der Waals surface area contributed by atoms with Gasteiger partial charge in [0, 0.05) is 13.2 Å². The van der Waals surface area contributed by atoms with Crippen molar-refractivity contribution in [1.82, 2.24) is 9.97 Å². The van der Waals surface area contributed by atoms with E-state index in [9.17, 15) is 0 Å². The van der Waals surface area contributed by atoms with Gasteiger partial charge in [-0.15, -0.1) is 0 Å². The summed E-state index contributed by atoms with van der Waals surface area (Å²) >= 11 is 0. The van der Waals surface area contributed by atoms with E-state index in [0.29, 0.717) is 6.61 Å². The summed E-state index contributed by atoms with van der Waals surface area (Å²) in [7, 11) is 0. The van der Waals surface area contributed by atoms with Crippen molar-refractivity contribution < 1.29 is 9.47 Å². The summed E-state index contributed by atoms with van der Waals surface area (Å²) in [6.07, 6.45) is 5.55. The Morgan fingerprint density at radius 1 is 1.18 bits per heavy atom. The molecule has 2 atom stereocenters. The molecule has 0 unspecified atom stereocenters. The third-order valence-corrected chi connectivity index (χ3v) is 4.32. The first kappa shape index (κ1) is 13.9. The minimum atomic E-state index is 0.142. The highest BCUT2D eigenvalue weighted by Crippen LogP contribution is 2.30. The molecule has 1 aliphatic carbocycles. The highest BCUT2D eigenvalue weighted by atomic mass is 16.5. The van der Waals surface area contributed by atoms with E-state index in [1.165, 1.54) is 12.8 Å². The number of rotatable bonds is 5. The van der Waals surface area contributed by atoms with Crippen molar-refractivity contribution in [2.24, 2.45) is 5.92 Å². The second kappa shape index (κ2) is 6.18. The van der Waals surface area contributed by atoms with Gasteiger partial charge in [0.05, 0.1) is 36.0 Å². The fourth-order valence-corrected chi connectivity index (χ4v) is 2.81. The van der Waals surface area contributed by atoms with Crippen molar-refractivity contribution in [3.8, 4) is 0 Å². The Morgan fingerprint density at radius 2 is 2.05 bits per heavy atom. The van der Waals surface area contributed by atoms with Gasteiger partial charge in [-0.3, -0.25) is 4.98 Å². The molecule has 2 fully saturated rings. The molecule has 0 bridgehead atoms. The van der Waals surface area contributed by atoms with Gasteiger partial charge in [-0.1, -0.05) is 12.1 Å². The Labute approximate surface area is 130 Å². The summed E-state index contributed by atoms with van der Waals surface area (Å²) in [6, 6.07) is 8.04. The summed E-state index contributed by atoms with van der Waals surface area (Å²) < 4.78 is 11.7. The van der Waals surface area contributed by atoms with E-state index in [-0.39, 0.29) is 12.1 Å². The first-order chi connectivity index (χ1) is 10.9. The molecule has 2 aliphatic rings. The zero-order valence-corrected chi connectivity index (χ0v) is 12.6. The highest BCUT2D eigenvalue weighted by molar-refractivity contribution is 5.75. The minimum Gasteiger partial charge on any atom is -0.379 e. The number of ether oxygens (including phenoxy) is 2. The van der Waals surface area contributed by atoms with Crippen LogP contribution in [0.15, 0.2) is 30.5 Å². The molecule has 1 aromatic carbocycles. The average Bonchev–Trinajstić information content (AvgIpc) is 3.38. The Bertz CT molecular complexity index is 645. The Hall–Kier alpha value is -1.72. The van der Waals surface area contributed by atoms with Crippen molar-refractivity contribution in [3.05, 3.63) is 30.5 Å². The number of hydrogen-bond acceptors (Lipinski definition) is 5. The molecule has 1 aliphatic heterocycles. The number of fused-ring (bicyclic) bond motifs is 1. The lowest BCUT2D eigenvalue weighted by Gasteiger charge is -2.32. The van der Waals surface area contributed by atoms with Crippen LogP contribution < -0.4 is 5.32 Å². The van der Waals surface area contributed by atoms with Crippen LogP contribution in [-0.2, 0) is 9.47 Å². The van der Waals surface area contributed by atoms with Crippen molar-refractivity contribution in [3.63, 3.8) is 0 Å². The predicted octanol–water partition coefficient (Wildman–Crippen LogP) is 2.63. The quantitative estimate of drug-likeness (QED) is 0.920. The number of nitrogens with zero attached hydrogens (tertiary/aromatic N) is 2. The molecular weight excluding hydrogens is 278 g/mol. The van der Waals surface area contributed by atoms with Gasteiger partial charge in [0.15, 0.2) is 0 Å². The third kappa shape index (κ3) is 3.20. The van der Waals surface area contributed by atoms with E-state index in [4.69, 9.17) is 9.47 Å². The van der Waals surface area contributed by atoms with E-state index in [1.807, 2.05) is 24.3 Å². The van der Waals surface area contributed by atoms with Gasteiger partial charge in [0.25, 0.3) is 0 Å². The molecule has 2 aromatic rings. The van der Waals surface area contributed by atoms with Gasteiger partial charge in [-0.2, -0.15) is 0 Å². The maximum atomic E-state index is 6.09. The van der Waals surface area contributed by atoms with Gasteiger partial charge in [0.2, 0.25) is 0 Å². The first-order valence-corrected chi connectivity index (χ1v) is 8.06. The van der Waals surface area contributed by atoms with Crippen molar-refractivity contribution in [2.45, 2.75) is 31.4 Å². The third-order valence-electron chi connectivity index (χ3n) is 4.32. The van der Waals surface area contributed by atoms with E-state index in [0.717, 1.165) is 42.4 Å². The second-order valence-electron chi connectivity index (χ2n) is 6.17. The summed E-state index contributed by atoms with van der Waals surface area (Å²) in [5, 5.41) is 3.44. The normalized spacial score (nSPS) is 25.3. The zero-order chi connectivity index (χ0) is 14.8. The molecule has 1 saturated heterocycles. The number of aromatic nitrogens is 2. The SMILES string of the molecule is c1ccc2nc(N[C@@H]3COCC[C@@H]3OCC3CC3)cnc2c1. The van der Waals surface area contributed by atoms with Crippen LogP contribution in [0.1, 0.15) is 19.3 Å². The van der Waals surface area contributed by atoms with Crippen LogP contribution in [0.4, 0.5) is 5.82 Å². The van der Waals surface area contributed by atoms with Gasteiger partial charge < -0.3 is 14.8 Å². The summed E-state index contributed by atoms with van der Waals surface area (Å²) in [6.45, 7) is 2.31. The van der Waals surface area contributed by atoms with Gasteiger partial charge in [-0.05, 0) is 37.3 Å². The van der Waals surface area contributed by atoms with Gasteiger partial charge >= 0.3 is 0 Å². The summed E-state index contributed by atoms with van der Waals surface area (Å²) in [4.78, 5) is 9.08. The van der Waals surface area contributed by atoms with Crippen LogP contribution in [0, 0.1) is 5.92 Å². The van der Waals surface area contributed by atoms with Crippen LogP contribution in [0.3, 0.4) is 0 Å². The van der Waals surface area contributed by atoms with E-state index in [2.05, 4.69) is 15.3 Å². The standard InChI is InChI=1S/C17H21N3O2/c1-2-4-14-13(3-1)18-9-17(19-14)20-15-11-21-8-7-16(15)22-10-12-5-6-12/h1-4,9,12,15-16H,5-8,10-11H2,(H,19,20)/t15-,16+/m1/s1. The molecule has 4 rings (SSSR count).